The highest BCUT2D eigenvalue weighted by atomic mass is 19.3. The van der Waals surface area contributed by atoms with Crippen molar-refractivity contribution in [3.8, 4) is 17.2 Å². The predicted molar refractivity (Wildman–Crippen MR) is 88.4 cm³/mol. The number of hydrogen-bond donors (Lipinski definition) is 1. The van der Waals surface area contributed by atoms with Crippen LogP contribution in [0.3, 0.4) is 0 Å². The summed E-state index contributed by atoms with van der Waals surface area (Å²) >= 11 is 0. The number of amides is 1. The van der Waals surface area contributed by atoms with Crippen molar-refractivity contribution >= 4 is 5.91 Å². The van der Waals surface area contributed by atoms with Gasteiger partial charge in [-0.25, -0.2) is 0 Å². The molecular formula is C18H19F2NO4. The van der Waals surface area contributed by atoms with Crippen LogP contribution in [-0.2, 0) is 4.74 Å². The Balaban J connectivity index is 2.20. The van der Waals surface area contributed by atoms with E-state index in [0.717, 1.165) is 0 Å². The number of nitrogens with one attached hydrogen (secondary N) is 1. The zero-order chi connectivity index (χ0) is 18.2. The molecule has 2 rings (SSSR count). The fourth-order valence-electron chi connectivity index (χ4n) is 2.07. The number of hydrogen-bond acceptors (Lipinski definition) is 4. The Hall–Kier alpha value is -2.67. The Morgan fingerprint density at radius 2 is 1.76 bits per heavy atom. The molecule has 0 aliphatic heterocycles. The standard InChI is InChI=1S/C18H19F2NO4/c1-12(11-23-18(19)20)24-15-8-13(17(22)21-2)9-16(10-15)25-14-6-4-3-5-7-14/h3-10,12,18H,11H2,1-2H3,(H,21,22)/t12-/m0/s1. The SMILES string of the molecule is CNC(=O)c1cc(Oc2ccccc2)cc(O[C@@H](C)COC(F)F)c1. The number of para-hydroxylation sites is 1. The second-order valence-corrected chi connectivity index (χ2v) is 5.21. The molecule has 0 saturated heterocycles. The maximum absolute atomic E-state index is 12.1. The lowest BCUT2D eigenvalue weighted by atomic mass is 10.2. The number of halogens is 2. The van der Waals surface area contributed by atoms with E-state index in [9.17, 15) is 13.6 Å². The van der Waals surface area contributed by atoms with Gasteiger partial charge in [0.25, 0.3) is 5.91 Å². The van der Waals surface area contributed by atoms with Crippen LogP contribution in [0.25, 0.3) is 0 Å². The van der Waals surface area contributed by atoms with E-state index in [1.165, 1.54) is 13.1 Å². The average Bonchev–Trinajstić information content (AvgIpc) is 2.60. The number of ether oxygens (including phenoxy) is 3. The summed E-state index contributed by atoms with van der Waals surface area (Å²) in [5.74, 6) is 0.984. The van der Waals surface area contributed by atoms with Crippen molar-refractivity contribution in [2.45, 2.75) is 19.6 Å². The fraction of sp³-hybridized carbons (Fsp3) is 0.278. The van der Waals surface area contributed by atoms with E-state index >= 15 is 0 Å². The number of carbonyl (C=O) groups is 1. The van der Waals surface area contributed by atoms with Crippen molar-refractivity contribution in [3.05, 3.63) is 54.1 Å². The monoisotopic (exact) mass is 351 g/mol. The van der Waals surface area contributed by atoms with Crippen LogP contribution < -0.4 is 14.8 Å². The Kier molecular flexibility index (Phi) is 6.71. The molecule has 2 aromatic rings. The molecule has 0 unspecified atom stereocenters. The second-order valence-electron chi connectivity index (χ2n) is 5.21. The van der Waals surface area contributed by atoms with Gasteiger partial charge in [0.15, 0.2) is 0 Å². The molecule has 1 N–H and O–H groups in total. The van der Waals surface area contributed by atoms with Crippen LogP contribution in [0, 0.1) is 0 Å². The smallest absolute Gasteiger partial charge is 0.345 e. The van der Waals surface area contributed by atoms with Crippen molar-refractivity contribution in [1.29, 1.82) is 0 Å². The van der Waals surface area contributed by atoms with E-state index in [0.29, 0.717) is 22.8 Å². The Labute approximate surface area is 144 Å². The summed E-state index contributed by atoms with van der Waals surface area (Å²) in [4.78, 5) is 11.9. The highest BCUT2D eigenvalue weighted by molar-refractivity contribution is 5.94. The molecule has 5 nitrogen and oxygen atoms in total. The molecule has 2 aromatic carbocycles. The van der Waals surface area contributed by atoms with Crippen molar-refractivity contribution in [2.24, 2.45) is 0 Å². The molecule has 0 radical (unpaired) electrons. The molecule has 0 fully saturated rings. The van der Waals surface area contributed by atoms with Crippen LogP contribution in [0.5, 0.6) is 17.2 Å². The summed E-state index contributed by atoms with van der Waals surface area (Å²) in [5.41, 5.74) is 0.327. The molecule has 0 heterocycles. The van der Waals surface area contributed by atoms with Crippen molar-refractivity contribution in [2.75, 3.05) is 13.7 Å². The predicted octanol–water partition coefficient (Wildman–Crippen LogP) is 3.85. The molecule has 0 aliphatic carbocycles. The molecule has 0 bridgehead atoms. The molecule has 1 amide bonds. The largest absolute Gasteiger partial charge is 0.488 e. The lowest BCUT2D eigenvalue weighted by Gasteiger charge is -2.16. The number of alkyl halides is 2. The number of rotatable bonds is 8. The van der Waals surface area contributed by atoms with Crippen LogP contribution in [0.2, 0.25) is 0 Å². The molecule has 25 heavy (non-hydrogen) atoms. The molecule has 0 aliphatic rings. The topological polar surface area (TPSA) is 56.8 Å². The molecule has 1 atom stereocenters. The van der Waals surface area contributed by atoms with Gasteiger partial charge in [0, 0.05) is 18.7 Å². The van der Waals surface area contributed by atoms with Gasteiger partial charge in [-0.3, -0.25) is 4.79 Å². The third kappa shape index (κ3) is 6.04. The van der Waals surface area contributed by atoms with Crippen molar-refractivity contribution in [3.63, 3.8) is 0 Å². The Morgan fingerprint density at radius 3 is 2.40 bits per heavy atom. The van der Waals surface area contributed by atoms with E-state index in [1.54, 1.807) is 31.2 Å². The van der Waals surface area contributed by atoms with Crippen LogP contribution in [0.1, 0.15) is 17.3 Å². The summed E-state index contributed by atoms with van der Waals surface area (Å²) < 4.78 is 39.7. The average molecular weight is 351 g/mol. The molecule has 134 valence electrons. The Bertz CT molecular complexity index is 695. The minimum Gasteiger partial charge on any atom is -0.488 e. The first-order valence-electron chi connectivity index (χ1n) is 7.64. The van der Waals surface area contributed by atoms with E-state index in [1.807, 2.05) is 18.2 Å². The quantitative estimate of drug-likeness (QED) is 0.785. The minimum atomic E-state index is -2.86. The minimum absolute atomic E-state index is 0.281. The molecular weight excluding hydrogens is 332 g/mol. The summed E-state index contributed by atoms with van der Waals surface area (Å²) in [7, 11) is 1.51. The molecule has 0 spiro atoms. The van der Waals surface area contributed by atoms with Gasteiger partial charge < -0.3 is 19.5 Å². The van der Waals surface area contributed by atoms with Crippen LogP contribution >= 0.6 is 0 Å². The first-order chi connectivity index (χ1) is 12.0. The van der Waals surface area contributed by atoms with Gasteiger partial charge >= 0.3 is 6.61 Å². The van der Waals surface area contributed by atoms with Gasteiger partial charge in [0.2, 0.25) is 0 Å². The lowest BCUT2D eigenvalue weighted by molar-refractivity contribution is -0.142. The van der Waals surface area contributed by atoms with Crippen LogP contribution in [0.15, 0.2) is 48.5 Å². The third-order valence-corrected chi connectivity index (χ3v) is 3.14. The number of carbonyl (C=O) groups excluding carboxylic acids is 1. The number of benzene rings is 2. The summed E-state index contributed by atoms with van der Waals surface area (Å²) in [5, 5.41) is 2.52. The molecule has 0 saturated carbocycles. The summed E-state index contributed by atoms with van der Waals surface area (Å²) in [6, 6.07) is 13.7. The Morgan fingerprint density at radius 1 is 1.08 bits per heavy atom. The van der Waals surface area contributed by atoms with Gasteiger partial charge in [-0.05, 0) is 31.2 Å². The first-order valence-corrected chi connectivity index (χ1v) is 7.64. The summed E-state index contributed by atoms with van der Waals surface area (Å²) in [6.07, 6.45) is -0.626. The maximum Gasteiger partial charge on any atom is 0.345 e. The summed E-state index contributed by atoms with van der Waals surface area (Å²) in [6.45, 7) is -1.55. The van der Waals surface area contributed by atoms with Crippen molar-refractivity contribution in [1.82, 2.24) is 5.32 Å². The highest BCUT2D eigenvalue weighted by Crippen LogP contribution is 2.28. The van der Waals surface area contributed by atoms with E-state index in [2.05, 4.69) is 10.1 Å². The lowest BCUT2D eigenvalue weighted by Crippen LogP contribution is -2.21. The van der Waals surface area contributed by atoms with E-state index < -0.39 is 12.7 Å². The van der Waals surface area contributed by atoms with E-state index in [-0.39, 0.29) is 12.5 Å². The van der Waals surface area contributed by atoms with Crippen LogP contribution in [0.4, 0.5) is 8.78 Å². The molecule has 7 heteroatoms. The van der Waals surface area contributed by atoms with Gasteiger partial charge in [-0.1, -0.05) is 18.2 Å². The van der Waals surface area contributed by atoms with Gasteiger partial charge in [-0.15, -0.1) is 0 Å². The normalized spacial score (nSPS) is 11.9. The van der Waals surface area contributed by atoms with Crippen LogP contribution in [-0.4, -0.2) is 32.3 Å². The zero-order valence-electron chi connectivity index (χ0n) is 13.9. The van der Waals surface area contributed by atoms with Gasteiger partial charge in [0.05, 0.1) is 6.61 Å². The van der Waals surface area contributed by atoms with Gasteiger partial charge in [-0.2, -0.15) is 8.78 Å². The van der Waals surface area contributed by atoms with E-state index in [4.69, 9.17) is 9.47 Å². The third-order valence-electron chi connectivity index (χ3n) is 3.14. The van der Waals surface area contributed by atoms with Crippen molar-refractivity contribution < 1.29 is 27.8 Å². The first kappa shape index (κ1) is 18.7. The van der Waals surface area contributed by atoms with Gasteiger partial charge in [0.1, 0.15) is 23.4 Å². The molecule has 0 aromatic heterocycles. The second kappa shape index (κ2) is 8.98. The highest BCUT2D eigenvalue weighted by Gasteiger charge is 2.13. The fourth-order valence-corrected chi connectivity index (χ4v) is 2.07. The maximum atomic E-state index is 12.1. The zero-order valence-corrected chi connectivity index (χ0v) is 13.9.